The number of pyridine rings is 1. The van der Waals surface area contributed by atoms with Gasteiger partial charge in [-0.1, -0.05) is 0 Å². The van der Waals surface area contributed by atoms with Crippen molar-refractivity contribution in [2.75, 3.05) is 18.4 Å². The topological polar surface area (TPSA) is 107 Å². The molecule has 4 rings (SSSR count). The summed E-state index contributed by atoms with van der Waals surface area (Å²) >= 11 is 0. The Morgan fingerprint density at radius 3 is 2.72 bits per heavy atom. The molecule has 148 valence electrons. The van der Waals surface area contributed by atoms with Gasteiger partial charge in [0.15, 0.2) is 11.8 Å². The lowest BCUT2D eigenvalue weighted by atomic mass is 9.91. The second kappa shape index (κ2) is 6.77. The molecule has 2 aromatic rings. The third-order valence-electron chi connectivity index (χ3n) is 5.08. The fraction of sp³-hybridized carbons (Fsp3) is 0.263. The van der Waals surface area contributed by atoms with Gasteiger partial charge in [0.1, 0.15) is 29.2 Å². The number of halogens is 3. The maximum Gasteiger partial charge on any atom is 0.272 e. The Labute approximate surface area is 163 Å². The second-order valence-corrected chi connectivity index (χ2v) is 6.84. The SMILES string of the molecule is N#Cc1ccc(C(=O)N2CC[C@]3(N=C(N)c4c(F)ccc(F)c4N3)[C@@H](F)C2)nc1. The smallest absolute Gasteiger partial charge is 0.272 e. The fourth-order valence-corrected chi connectivity index (χ4v) is 3.54. The zero-order valence-corrected chi connectivity index (χ0v) is 15.0. The number of alkyl halides is 1. The molecule has 10 heteroatoms. The lowest BCUT2D eigenvalue weighted by Gasteiger charge is -2.44. The van der Waals surface area contributed by atoms with Crippen LogP contribution in [0.4, 0.5) is 18.9 Å². The van der Waals surface area contributed by atoms with Crippen molar-refractivity contribution in [3.05, 3.63) is 58.9 Å². The van der Waals surface area contributed by atoms with Gasteiger partial charge in [-0.15, -0.1) is 0 Å². The van der Waals surface area contributed by atoms with E-state index < -0.39 is 29.4 Å². The number of aliphatic imine (C=N–C) groups is 1. The average Bonchev–Trinajstić information content (AvgIpc) is 2.72. The van der Waals surface area contributed by atoms with Crippen LogP contribution in [-0.4, -0.2) is 46.6 Å². The normalized spacial score (nSPS) is 23.0. The summed E-state index contributed by atoms with van der Waals surface area (Å²) in [6.45, 7) is -0.243. The van der Waals surface area contributed by atoms with Gasteiger partial charge >= 0.3 is 0 Å². The van der Waals surface area contributed by atoms with Crippen LogP contribution < -0.4 is 11.1 Å². The van der Waals surface area contributed by atoms with E-state index >= 15 is 4.39 Å². The van der Waals surface area contributed by atoms with E-state index in [2.05, 4.69) is 15.3 Å². The van der Waals surface area contributed by atoms with Crippen molar-refractivity contribution in [1.82, 2.24) is 9.88 Å². The highest BCUT2D eigenvalue weighted by molar-refractivity contribution is 6.04. The summed E-state index contributed by atoms with van der Waals surface area (Å²) in [5.74, 6) is -2.34. The summed E-state index contributed by atoms with van der Waals surface area (Å²) in [7, 11) is 0. The summed E-state index contributed by atoms with van der Waals surface area (Å²) in [5.41, 5.74) is 4.12. The molecule has 7 nitrogen and oxygen atoms in total. The number of nitrogens with zero attached hydrogens (tertiary/aromatic N) is 4. The number of benzene rings is 1. The number of nitriles is 1. The van der Waals surface area contributed by atoms with Gasteiger partial charge in [-0.2, -0.15) is 5.26 Å². The summed E-state index contributed by atoms with van der Waals surface area (Å²) in [4.78, 5) is 21.9. The van der Waals surface area contributed by atoms with Gasteiger partial charge in [-0.3, -0.25) is 4.79 Å². The summed E-state index contributed by atoms with van der Waals surface area (Å²) < 4.78 is 43.4. The molecule has 1 amide bonds. The zero-order valence-electron chi connectivity index (χ0n) is 15.0. The number of likely N-dealkylation sites (tertiary alicyclic amines) is 1. The number of aromatic nitrogens is 1. The molecule has 3 N–H and O–H groups in total. The highest BCUT2D eigenvalue weighted by Crippen LogP contribution is 2.38. The van der Waals surface area contributed by atoms with Gasteiger partial charge in [0.25, 0.3) is 5.91 Å². The van der Waals surface area contributed by atoms with Gasteiger partial charge < -0.3 is 16.0 Å². The molecule has 0 aliphatic carbocycles. The molecule has 1 aromatic heterocycles. The Morgan fingerprint density at radius 1 is 1.31 bits per heavy atom. The molecule has 2 atom stereocenters. The largest absolute Gasteiger partial charge is 0.383 e. The Balaban J connectivity index is 1.58. The van der Waals surface area contributed by atoms with Gasteiger partial charge in [-0.25, -0.2) is 23.1 Å². The number of carbonyl (C=O) groups excluding carboxylic acids is 1. The number of rotatable bonds is 1. The number of anilines is 1. The van der Waals surface area contributed by atoms with Crippen LogP contribution in [0.5, 0.6) is 0 Å². The maximum atomic E-state index is 15.2. The van der Waals surface area contributed by atoms with Gasteiger partial charge in [0.05, 0.1) is 23.4 Å². The standard InChI is InChI=1S/C19H15F3N6O/c20-11-2-3-12(21)16-15(11)17(24)27-19(26-16)5-6-28(9-14(19)22)18(29)13-4-1-10(7-23)8-25-13/h1-4,8,14,26H,5-6,9H2,(H2,24,27)/t14-,19-/m0/s1. The van der Waals surface area contributed by atoms with E-state index in [4.69, 9.17) is 11.0 Å². The molecule has 1 spiro atoms. The van der Waals surface area contributed by atoms with Crippen molar-refractivity contribution in [2.24, 2.45) is 10.7 Å². The molecule has 3 heterocycles. The molecule has 29 heavy (non-hydrogen) atoms. The van der Waals surface area contributed by atoms with E-state index in [9.17, 15) is 13.6 Å². The summed E-state index contributed by atoms with van der Waals surface area (Å²) in [6.07, 6.45) is -0.479. The van der Waals surface area contributed by atoms with E-state index in [1.54, 1.807) is 0 Å². The third-order valence-corrected chi connectivity index (χ3v) is 5.08. The number of amides is 1. The number of hydrogen-bond donors (Lipinski definition) is 2. The summed E-state index contributed by atoms with van der Waals surface area (Å²) in [6, 6.07) is 6.59. The number of carbonyl (C=O) groups is 1. The first-order valence-corrected chi connectivity index (χ1v) is 8.76. The van der Waals surface area contributed by atoms with Crippen molar-refractivity contribution in [2.45, 2.75) is 18.3 Å². The highest BCUT2D eigenvalue weighted by Gasteiger charge is 2.48. The lowest BCUT2D eigenvalue weighted by Crippen LogP contribution is -2.60. The number of nitrogens with one attached hydrogen (secondary N) is 1. The molecular weight excluding hydrogens is 385 g/mol. The second-order valence-electron chi connectivity index (χ2n) is 6.84. The molecule has 0 bridgehead atoms. The number of hydrogen-bond acceptors (Lipinski definition) is 6. The first kappa shape index (κ1) is 18.7. The van der Waals surface area contributed by atoms with Crippen LogP contribution in [0.1, 0.15) is 28.0 Å². The minimum absolute atomic E-state index is 0.00766. The lowest BCUT2D eigenvalue weighted by molar-refractivity contribution is 0.0488. The van der Waals surface area contributed by atoms with E-state index in [0.717, 1.165) is 12.1 Å². The van der Waals surface area contributed by atoms with Crippen LogP contribution >= 0.6 is 0 Å². The van der Waals surface area contributed by atoms with Crippen LogP contribution in [-0.2, 0) is 0 Å². The summed E-state index contributed by atoms with van der Waals surface area (Å²) in [5, 5.41) is 11.5. The Hall–Kier alpha value is -3.61. The highest BCUT2D eigenvalue weighted by atomic mass is 19.1. The van der Waals surface area contributed by atoms with Crippen molar-refractivity contribution in [1.29, 1.82) is 5.26 Å². The number of amidine groups is 1. The van der Waals surface area contributed by atoms with Crippen LogP contribution in [0, 0.1) is 23.0 Å². The molecule has 0 radical (unpaired) electrons. The third kappa shape index (κ3) is 3.04. The molecule has 1 aromatic carbocycles. The minimum Gasteiger partial charge on any atom is -0.383 e. The van der Waals surface area contributed by atoms with Crippen LogP contribution in [0.15, 0.2) is 35.5 Å². The van der Waals surface area contributed by atoms with Crippen molar-refractivity contribution in [3.8, 4) is 6.07 Å². The van der Waals surface area contributed by atoms with Crippen LogP contribution in [0.2, 0.25) is 0 Å². The first-order valence-electron chi connectivity index (χ1n) is 8.76. The first-order chi connectivity index (χ1) is 13.8. The molecule has 0 saturated carbocycles. The predicted molar refractivity (Wildman–Crippen MR) is 97.8 cm³/mol. The number of piperidine rings is 1. The van der Waals surface area contributed by atoms with Crippen LogP contribution in [0.3, 0.4) is 0 Å². The minimum atomic E-state index is -1.73. The number of nitrogens with two attached hydrogens (primary N) is 1. The average molecular weight is 400 g/mol. The zero-order chi connectivity index (χ0) is 20.8. The predicted octanol–water partition coefficient (Wildman–Crippen LogP) is 1.94. The number of fused-ring (bicyclic) bond motifs is 1. The monoisotopic (exact) mass is 400 g/mol. The molecule has 1 fully saturated rings. The fourth-order valence-electron chi connectivity index (χ4n) is 3.54. The van der Waals surface area contributed by atoms with Crippen molar-refractivity contribution in [3.63, 3.8) is 0 Å². The van der Waals surface area contributed by atoms with Gasteiger partial charge in [-0.05, 0) is 24.3 Å². The van der Waals surface area contributed by atoms with Crippen molar-refractivity contribution >= 4 is 17.4 Å². The molecular formula is C19H15F3N6O. The molecule has 0 unspecified atom stereocenters. The van der Waals surface area contributed by atoms with E-state index in [0.29, 0.717) is 5.56 Å². The van der Waals surface area contributed by atoms with E-state index in [-0.39, 0.29) is 42.3 Å². The maximum absolute atomic E-state index is 15.2. The Bertz CT molecular complexity index is 1060. The van der Waals surface area contributed by atoms with Gasteiger partial charge in [0.2, 0.25) is 0 Å². The van der Waals surface area contributed by atoms with Crippen LogP contribution in [0.25, 0.3) is 0 Å². The quantitative estimate of drug-likeness (QED) is 0.761. The molecule has 2 aliphatic rings. The van der Waals surface area contributed by atoms with E-state index in [1.807, 2.05) is 6.07 Å². The Morgan fingerprint density at radius 2 is 2.07 bits per heavy atom. The van der Waals surface area contributed by atoms with Gasteiger partial charge in [0, 0.05) is 19.2 Å². The molecule has 2 aliphatic heterocycles. The van der Waals surface area contributed by atoms with E-state index in [1.165, 1.54) is 23.2 Å². The molecule has 1 saturated heterocycles. The Kier molecular flexibility index (Phi) is 4.38. The van der Waals surface area contributed by atoms with Crippen molar-refractivity contribution < 1.29 is 18.0 Å².